The minimum absolute atomic E-state index is 0.379. The van der Waals surface area contributed by atoms with E-state index in [9.17, 15) is 26.7 Å². The van der Waals surface area contributed by atoms with E-state index in [-0.39, 0.29) is 5.69 Å². The monoisotopic (exact) mass is 340 g/mol. The third-order valence-corrected chi connectivity index (χ3v) is 2.97. The van der Waals surface area contributed by atoms with Crippen molar-refractivity contribution >= 4 is 23.2 Å². The van der Waals surface area contributed by atoms with Crippen LogP contribution < -0.4 is 10.9 Å². The van der Waals surface area contributed by atoms with Gasteiger partial charge in [-0.05, 0) is 12.1 Å². The molecule has 1 aromatic carbocycles. The highest BCUT2D eigenvalue weighted by atomic mass is 35.5. The van der Waals surface area contributed by atoms with Gasteiger partial charge in [-0.25, -0.2) is 8.78 Å². The number of nitrogens with one attached hydrogen (secondary N) is 1. The number of anilines is 2. The molecule has 0 aliphatic carbocycles. The van der Waals surface area contributed by atoms with E-state index in [0.29, 0.717) is 4.57 Å². The topological polar surface area (TPSA) is 59.8 Å². The summed E-state index contributed by atoms with van der Waals surface area (Å²) < 4.78 is 64.7. The summed E-state index contributed by atoms with van der Waals surface area (Å²) >= 11 is 5.36. The van der Waals surface area contributed by atoms with Crippen LogP contribution in [0.3, 0.4) is 0 Å². The van der Waals surface area contributed by atoms with Crippen LogP contribution in [0, 0.1) is 11.6 Å². The first-order valence-electron chi connectivity index (χ1n) is 5.54. The Labute approximate surface area is 124 Å². The summed E-state index contributed by atoms with van der Waals surface area (Å²) in [4.78, 5) is 11.6. The number of aromatic nitrogens is 3. The number of hydrogen-bond donors (Lipinski definition) is 1. The van der Waals surface area contributed by atoms with Crippen LogP contribution in [0.2, 0.25) is 5.02 Å². The molecule has 0 bridgehead atoms. The van der Waals surface area contributed by atoms with E-state index in [4.69, 9.17) is 11.6 Å². The highest BCUT2D eigenvalue weighted by molar-refractivity contribution is 6.31. The van der Waals surface area contributed by atoms with Crippen LogP contribution in [0.15, 0.2) is 16.9 Å². The molecule has 0 aliphatic heterocycles. The molecule has 0 fully saturated rings. The summed E-state index contributed by atoms with van der Waals surface area (Å²) in [5.41, 5.74) is -3.56. The number of nitrogens with zero attached hydrogens (tertiary/aromatic N) is 3. The van der Waals surface area contributed by atoms with Crippen molar-refractivity contribution in [1.82, 2.24) is 14.8 Å². The molecule has 0 amide bonds. The molecule has 0 saturated carbocycles. The molecule has 0 saturated heterocycles. The lowest BCUT2D eigenvalue weighted by Crippen LogP contribution is -2.31. The summed E-state index contributed by atoms with van der Waals surface area (Å²) in [5, 5.41) is 7.36. The molecule has 5 nitrogen and oxygen atoms in total. The standard InChI is InChI=1S/C11H6ClF5N4O/c1-21-9(22)8(11(15,16)17)19-20-10(21)18-5-3-2-4(13)6(12)7(5)14/h2-3H,1H3,(H,18,20). The number of benzene rings is 1. The van der Waals surface area contributed by atoms with Crippen LogP contribution in [0.25, 0.3) is 0 Å². The lowest BCUT2D eigenvalue weighted by molar-refractivity contribution is -0.143. The van der Waals surface area contributed by atoms with E-state index in [2.05, 4.69) is 15.5 Å². The van der Waals surface area contributed by atoms with Crippen molar-refractivity contribution in [3.05, 3.63) is 44.8 Å². The Morgan fingerprint density at radius 1 is 1.23 bits per heavy atom. The number of alkyl halides is 3. The van der Waals surface area contributed by atoms with E-state index < -0.39 is 40.0 Å². The van der Waals surface area contributed by atoms with Gasteiger partial charge in [0, 0.05) is 7.05 Å². The molecule has 0 unspecified atom stereocenters. The normalized spacial score (nSPS) is 11.6. The molecule has 1 heterocycles. The van der Waals surface area contributed by atoms with Crippen LogP contribution in [0.1, 0.15) is 5.69 Å². The first-order valence-corrected chi connectivity index (χ1v) is 5.92. The predicted molar refractivity (Wildman–Crippen MR) is 66.9 cm³/mol. The molecule has 2 rings (SSSR count). The molecular formula is C11H6ClF5N4O. The summed E-state index contributed by atoms with van der Waals surface area (Å²) in [6, 6.07) is 1.78. The maximum Gasteiger partial charge on any atom is 0.440 e. The largest absolute Gasteiger partial charge is 0.440 e. The molecule has 0 atom stereocenters. The van der Waals surface area contributed by atoms with Gasteiger partial charge in [-0.2, -0.15) is 13.2 Å². The molecule has 22 heavy (non-hydrogen) atoms. The molecule has 2 aromatic rings. The van der Waals surface area contributed by atoms with Gasteiger partial charge in [0.05, 0.1) is 5.69 Å². The Morgan fingerprint density at radius 3 is 2.45 bits per heavy atom. The summed E-state index contributed by atoms with van der Waals surface area (Å²) in [6.07, 6.45) is -4.97. The van der Waals surface area contributed by atoms with Crippen molar-refractivity contribution in [1.29, 1.82) is 0 Å². The third kappa shape index (κ3) is 2.86. The van der Waals surface area contributed by atoms with Crippen molar-refractivity contribution < 1.29 is 22.0 Å². The quantitative estimate of drug-likeness (QED) is 0.674. The van der Waals surface area contributed by atoms with Gasteiger partial charge in [0.1, 0.15) is 10.8 Å². The maximum absolute atomic E-state index is 13.7. The first kappa shape index (κ1) is 16.1. The Kier molecular flexibility index (Phi) is 4.05. The smallest absolute Gasteiger partial charge is 0.322 e. The van der Waals surface area contributed by atoms with Gasteiger partial charge < -0.3 is 5.32 Å². The molecular weight excluding hydrogens is 335 g/mol. The fourth-order valence-electron chi connectivity index (χ4n) is 1.49. The van der Waals surface area contributed by atoms with Crippen LogP contribution in [-0.4, -0.2) is 14.8 Å². The molecule has 118 valence electrons. The molecule has 11 heteroatoms. The lowest BCUT2D eigenvalue weighted by Gasteiger charge is -2.12. The number of rotatable bonds is 2. The summed E-state index contributed by atoms with van der Waals surface area (Å²) in [5.74, 6) is -2.67. The van der Waals surface area contributed by atoms with E-state index in [1.165, 1.54) is 0 Å². The Balaban J connectivity index is 2.46. The lowest BCUT2D eigenvalue weighted by atomic mass is 10.3. The van der Waals surface area contributed by atoms with Gasteiger partial charge in [0.25, 0.3) is 5.56 Å². The van der Waals surface area contributed by atoms with Crippen LogP contribution in [0.4, 0.5) is 33.6 Å². The number of hydrogen-bond acceptors (Lipinski definition) is 4. The van der Waals surface area contributed by atoms with E-state index >= 15 is 0 Å². The Bertz CT molecular complexity index is 789. The second-order valence-corrected chi connectivity index (χ2v) is 4.46. The highest BCUT2D eigenvalue weighted by Gasteiger charge is 2.37. The van der Waals surface area contributed by atoms with Crippen molar-refractivity contribution in [2.24, 2.45) is 7.05 Å². The first-order chi connectivity index (χ1) is 10.1. The van der Waals surface area contributed by atoms with E-state index in [0.717, 1.165) is 19.2 Å². The minimum atomic E-state index is -4.97. The number of halogens is 6. The average molecular weight is 341 g/mol. The van der Waals surface area contributed by atoms with E-state index in [1.807, 2.05) is 0 Å². The van der Waals surface area contributed by atoms with Gasteiger partial charge in [0.15, 0.2) is 5.82 Å². The minimum Gasteiger partial charge on any atom is -0.322 e. The van der Waals surface area contributed by atoms with Gasteiger partial charge >= 0.3 is 6.18 Å². The Morgan fingerprint density at radius 2 is 1.86 bits per heavy atom. The zero-order valence-electron chi connectivity index (χ0n) is 10.7. The fraction of sp³-hybridized carbons (Fsp3) is 0.182. The van der Waals surface area contributed by atoms with Crippen LogP contribution >= 0.6 is 11.6 Å². The van der Waals surface area contributed by atoms with E-state index in [1.54, 1.807) is 0 Å². The average Bonchev–Trinajstić information content (AvgIpc) is 2.43. The van der Waals surface area contributed by atoms with Crippen molar-refractivity contribution in [2.45, 2.75) is 6.18 Å². The summed E-state index contributed by atoms with van der Waals surface area (Å²) in [6.45, 7) is 0. The van der Waals surface area contributed by atoms with Gasteiger partial charge in [0.2, 0.25) is 11.6 Å². The fourth-order valence-corrected chi connectivity index (χ4v) is 1.66. The zero-order valence-corrected chi connectivity index (χ0v) is 11.4. The van der Waals surface area contributed by atoms with Crippen molar-refractivity contribution in [3.8, 4) is 0 Å². The van der Waals surface area contributed by atoms with Crippen molar-refractivity contribution in [3.63, 3.8) is 0 Å². The molecule has 0 aliphatic rings. The second-order valence-electron chi connectivity index (χ2n) is 4.08. The van der Waals surface area contributed by atoms with Gasteiger partial charge in [-0.15, -0.1) is 10.2 Å². The molecule has 0 spiro atoms. The summed E-state index contributed by atoms with van der Waals surface area (Å²) in [7, 11) is 0.984. The maximum atomic E-state index is 13.7. The third-order valence-electron chi connectivity index (χ3n) is 2.62. The van der Waals surface area contributed by atoms with Crippen LogP contribution in [-0.2, 0) is 13.2 Å². The molecule has 0 radical (unpaired) electrons. The van der Waals surface area contributed by atoms with Gasteiger partial charge in [-0.3, -0.25) is 9.36 Å². The molecule has 1 aromatic heterocycles. The Hall–Kier alpha value is -2.23. The van der Waals surface area contributed by atoms with Crippen LogP contribution in [0.5, 0.6) is 0 Å². The SMILES string of the molecule is Cn1c(Nc2ccc(F)c(Cl)c2F)nnc(C(F)(F)F)c1=O. The van der Waals surface area contributed by atoms with Gasteiger partial charge in [-0.1, -0.05) is 11.6 Å². The second kappa shape index (κ2) is 5.52. The zero-order chi connectivity index (χ0) is 16.7. The van der Waals surface area contributed by atoms with Crippen molar-refractivity contribution in [2.75, 3.05) is 5.32 Å². The molecule has 1 N–H and O–H groups in total. The highest BCUT2D eigenvalue weighted by Crippen LogP contribution is 2.28. The predicted octanol–water partition coefficient (Wildman–Crippen LogP) is 2.87.